The molecule has 25 heavy (non-hydrogen) atoms. The van der Waals surface area contributed by atoms with Gasteiger partial charge in [0.15, 0.2) is 0 Å². The zero-order valence-corrected chi connectivity index (χ0v) is 16.9. The number of carbonyl (C=O) groups is 1. The molecule has 0 aromatic carbocycles. The summed E-state index contributed by atoms with van der Waals surface area (Å²) < 4.78 is 1.95. The Hall–Kier alpha value is -0.820. The van der Waals surface area contributed by atoms with Gasteiger partial charge in [-0.1, -0.05) is 13.8 Å². The van der Waals surface area contributed by atoms with Gasteiger partial charge >= 0.3 is 0 Å². The molecule has 3 rings (SSSR count). The lowest BCUT2D eigenvalue weighted by Crippen LogP contribution is -2.53. The highest BCUT2D eigenvalue weighted by molar-refractivity contribution is 5.91. The third kappa shape index (κ3) is 5.33. The van der Waals surface area contributed by atoms with Crippen molar-refractivity contribution < 1.29 is 4.79 Å². The van der Waals surface area contributed by atoms with Crippen LogP contribution >= 0.6 is 24.8 Å². The lowest BCUT2D eigenvalue weighted by Gasteiger charge is -2.42. The highest BCUT2D eigenvalue weighted by atomic mass is 35.5. The predicted octanol–water partition coefficient (Wildman–Crippen LogP) is 2.70. The van der Waals surface area contributed by atoms with Gasteiger partial charge < -0.3 is 11.1 Å². The van der Waals surface area contributed by atoms with Crippen molar-refractivity contribution in [2.24, 2.45) is 17.1 Å². The van der Waals surface area contributed by atoms with Crippen LogP contribution in [0.1, 0.15) is 46.1 Å². The summed E-state index contributed by atoms with van der Waals surface area (Å²) in [5, 5.41) is 7.41. The number of likely N-dealkylation sites (tertiary alicyclic amines) is 1. The maximum Gasteiger partial charge on any atom is 0.239 e. The largest absolute Gasteiger partial charge is 0.327 e. The van der Waals surface area contributed by atoms with Crippen molar-refractivity contribution in [3.05, 3.63) is 12.3 Å². The van der Waals surface area contributed by atoms with Crippen LogP contribution in [0.5, 0.6) is 0 Å². The van der Waals surface area contributed by atoms with Crippen LogP contribution in [0.2, 0.25) is 0 Å². The SMILES string of the molecule is CC(C1CC1)n1nccc1NC(=O)CN1CCC(N)C(C)(C)C1.Cl.Cl. The Balaban J connectivity index is 0.00000156. The molecule has 144 valence electrons. The fourth-order valence-corrected chi connectivity index (χ4v) is 3.52. The number of rotatable bonds is 5. The van der Waals surface area contributed by atoms with E-state index in [9.17, 15) is 4.79 Å². The Morgan fingerprint density at radius 3 is 2.68 bits per heavy atom. The van der Waals surface area contributed by atoms with Crippen molar-refractivity contribution in [1.29, 1.82) is 0 Å². The normalized spacial score (nSPS) is 23.9. The number of hydrogen-bond acceptors (Lipinski definition) is 4. The molecular weight excluding hydrogens is 361 g/mol. The van der Waals surface area contributed by atoms with Crippen molar-refractivity contribution >= 4 is 36.5 Å². The number of carbonyl (C=O) groups excluding carboxylic acids is 1. The zero-order valence-electron chi connectivity index (χ0n) is 15.3. The van der Waals surface area contributed by atoms with Gasteiger partial charge in [0.05, 0.1) is 18.8 Å². The third-order valence-electron chi connectivity index (χ3n) is 5.39. The van der Waals surface area contributed by atoms with E-state index in [-0.39, 0.29) is 42.2 Å². The maximum atomic E-state index is 12.4. The molecule has 8 heteroatoms. The molecule has 1 saturated carbocycles. The van der Waals surface area contributed by atoms with E-state index >= 15 is 0 Å². The van der Waals surface area contributed by atoms with Gasteiger partial charge in [0, 0.05) is 25.2 Å². The molecule has 2 fully saturated rings. The van der Waals surface area contributed by atoms with E-state index in [4.69, 9.17) is 5.73 Å². The molecule has 3 N–H and O–H groups in total. The fourth-order valence-electron chi connectivity index (χ4n) is 3.52. The van der Waals surface area contributed by atoms with Crippen LogP contribution in [-0.4, -0.2) is 46.3 Å². The van der Waals surface area contributed by atoms with Crippen molar-refractivity contribution in [1.82, 2.24) is 14.7 Å². The Kier molecular flexibility index (Phi) is 7.74. The molecule has 1 aliphatic heterocycles. The number of amides is 1. The van der Waals surface area contributed by atoms with Gasteiger partial charge in [-0.05, 0) is 37.5 Å². The van der Waals surface area contributed by atoms with Crippen LogP contribution in [0.25, 0.3) is 0 Å². The quantitative estimate of drug-likeness (QED) is 0.808. The minimum Gasteiger partial charge on any atom is -0.327 e. The summed E-state index contributed by atoms with van der Waals surface area (Å²) in [7, 11) is 0. The monoisotopic (exact) mass is 391 g/mol. The molecule has 2 aliphatic rings. The average Bonchev–Trinajstić information content (AvgIpc) is 3.22. The highest BCUT2D eigenvalue weighted by Crippen LogP contribution is 2.40. The second-order valence-electron chi connectivity index (χ2n) is 7.88. The molecule has 0 radical (unpaired) electrons. The number of piperidine rings is 1. The summed E-state index contributed by atoms with van der Waals surface area (Å²) in [5.74, 6) is 1.54. The third-order valence-corrected chi connectivity index (χ3v) is 5.39. The first kappa shape index (κ1) is 22.2. The Morgan fingerprint density at radius 2 is 2.08 bits per heavy atom. The minimum absolute atomic E-state index is 0. The number of halogens is 2. The number of aromatic nitrogens is 2. The Labute approximate surface area is 162 Å². The van der Waals surface area contributed by atoms with Crippen LogP contribution in [0.4, 0.5) is 5.82 Å². The average molecular weight is 392 g/mol. The topological polar surface area (TPSA) is 76.2 Å². The van der Waals surface area contributed by atoms with Gasteiger partial charge in [0.2, 0.25) is 5.91 Å². The summed E-state index contributed by atoms with van der Waals surface area (Å²) in [6, 6.07) is 2.45. The molecule has 1 amide bonds. The van der Waals surface area contributed by atoms with Crippen LogP contribution in [-0.2, 0) is 4.79 Å². The minimum atomic E-state index is 0. The lowest BCUT2D eigenvalue weighted by molar-refractivity contribution is -0.118. The first-order valence-electron chi connectivity index (χ1n) is 8.68. The van der Waals surface area contributed by atoms with Crippen molar-refractivity contribution in [2.75, 3.05) is 25.0 Å². The van der Waals surface area contributed by atoms with Crippen molar-refractivity contribution in [3.8, 4) is 0 Å². The van der Waals surface area contributed by atoms with Crippen LogP contribution < -0.4 is 11.1 Å². The number of anilines is 1. The van der Waals surface area contributed by atoms with Gasteiger partial charge in [0.1, 0.15) is 5.82 Å². The molecule has 6 nitrogen and oxygen atoms in total. The number of nitrogens with one attached hydrogen (secondary N) is 1. The summed E-state index contributed by atoms with van der Waals surface area (Å²) in [5.41, 5.74) is 6.22. The molecule has 0 bridgehead atoms. The molecule has 1 saturated heterocycles. The standard InChI is InChI=1S/C17H29N5O.2ClH/c1-12(13-4-5-13)22-15(6-8-19-22)20-16(23)10-21-9-7-14(18)17(2,3)11-21;;/h6,8,12-14H,4-5,7,9-11,18H2,1-3H3,(H,20,23);2*1H. The zero-order chi connectivity index (χ0) is 16.6. The van der Waals surface area contributed by atoms with Crippen molar-refractivity contribution in [2.45, 2.75) is 52.1 Å². The van der Waals surface area contributed by atoms with Crippen LogP contribution in [0.15, 0.2) is 12.3 Å². The van der Waals surface area contributed by atoms with Crippen LogP contribution in [0, 0.1) is 11.3 Å². The summed E-state index contributed by atoms with van der Waals surface area (Å²) in [6.07, 6.45) is 5.23. The van der Waals surface area contributed by atoms with Gasteiger partial charge in [-0.3, -0.25) is 9.69 Å². The first-order chi connectivity index (χ1) is 10.9. The molecule has 0 spiro atoms. The van der Waals surface area contributed by atoms with E-state index < -0.39 is 0 Å². The molecule has 1 aliphatic carbocycles. The van der Waals surface area contributed by atoms with Gasteiger partial charge in [-0.15, -0.1) is 24.8 Å². The lowest BCUT2D eigenvalue weighted by atomic mass is 9.80. The molecule has 2 unspecified atom stereocenters. The fraction of sp³-hybridized carbons (Fsp3) is 0.765. The van der Waals surface area contributed by atoms with E-state index in [1.54, 1.807) is 6.20 Å². The molecule has 1 aromatic heterocycles. The molecule has 2 atom stereocenters. The highest BCUT2D eigenvalue weighted by Gasteiger charge is 2.34. The van der Waals surface area contributed by atoms with Gasteiger partial charge in [-0.2, -0.15) is 5.10 Å². The summed E-state index contributed by atoms with van der Waals surface area (Å²) in [6.45, 7) is 8.69. The van der Waals surface area contributed by atoms with E-state index in [0.717, 1.165) is 25.3 Å². The van der Waals surface area contributed by atoms with E-state index in [0.29, 0.717) is 18.5 Å². The predicted molar refractivity (Wildman–Crippen MR) is 106 cm³/mol. The Morgan fingerprint density at radius 1 is 1.40 bits per heavy atom. The first-order valence-corrected chi connectivity index (χ1v) is 8.68. The second-order valence-corrected chi connectivity index (χ2v) is 7.88. The van der Waals surface area contributed by atoms with E-state index in [1.165, 1.54) is 12.8 Å². The number of nitrogens with two attached hydrogens (primary N) is 1. The number of hydrogen-bond donors (Lipinski definition) is 2. The molecule has 2 heterocycles. The molecular formula is C17H31Cl2N5O. The Bertz CT molecular complexity index is 573. The number of nitrogens with zero attached hydrogens (tertiary/aromatic N) is 3. The maximum absolute atomic E-state index is 12.4. The summed E-state index contributed by atoms with van der Waals surface area (Å²) in [4.78, 5) is 14.6. The second kappa shape index (κ2) is 8.71. The van der Waals surface area contributed by atoms with E-state index in [2.05, 4.69) is 36.1 Å². The van der Waals surface area contributed by atoms with Crippen molar-refractivity contribution in [3.63, 3.8) is 0 Å². The molecule has 1 aromatic rings. The smallest absolute Gasteiger partial charge is 0.239 e. The van der Waals surface area contributed by atoms with Gasteiger partial charge in [-0.25, -0.2) is 4.68 Å². The summed E-state index contributed by atoms with van der Waals surface area (Å²) >= 11 is 0. The van der Waals surface area contributed by atoms with E-state index in [1.807, 2.05) is 10.7 Å². The van der Waals surface area contributed by atoms with Crippen LogP contribution in [0.3, 0.4) is 0 Å². The van der Waals surface area contributed by atoms with Gasteiger partial charge in [0.25, 0.3) is 0 Å².